The molecule has 33 valence electrons. The predicted molar refractivity (Wildman–Crippen MR) is 21.7 cm³/mol. The Kier molecular flexibility index (Phi) is 1.55. The largest absolute Gasteiger partial charge is 0.578 e. The molecule has 0 amide bonds. The predicted octanol–water partition coefficient (Wildman–Crippen LogP) is 0.119. The zero-order chi connectivity index (χ0) is 4.24. The smallest absolute Gasteiger partial charge is 0.178 e. The van der Waals surface area contributed by atoms with Crippen molar-refractivity contribution >= 4 is 10.0 Å². The molecule has 0 aromatic rings. The van der Waals surface area contributed by atoms with Crippen molar-refractivity contribution in [2.75, 3.05) is 6.61 Å². The van der Waals surface area contributed by atoms with Crippen LogP contribution in [0.3, 0.4) is 0 Å². The summed E-state index contributed by atoms with van der Waals surface area (Å²) in [5.74, 6) is 0. The van der Waals surface area contributed by atoms with Gasteiger partial charge in [-0.25, -0.2) is 0 Å². The van der Waals surface area contributed by atoms with E-state index in [0.717, 1.165) is 13.0 Å². The molecule has 1 radical (unpaired) electrons. The minimum absolute atomic E-state index is 0.246. The summed E-state index contributed by atoms with van der Waals surface area (Å²) in [7, 11) is 0.246. The van der Waals surface area contributed by atoms with E-state index in [9.17, 15) is 0 Å². The molecule has 0 saturated carbocycles. The summed E-state index contributed by atoms with van der Waals surface area (Å²) < 4.78 is 9.59. The Hall–Kier alpha value is 0.00688. The van der Waals surface area contributed by atoms with Gasteiger partial charge in [-0.15, -0.1) is 0 Å². The Morgan fingerprint density at radius 1 is 1.67 bits per heavy atom. The highest BCUT2D eigenvalue weighted by Gasteiger charge is 1.94. The number of hydrogen-bond donors (Lipinski definition) is 0. The van der Waals surface area contributed by atoms with Crippen molar-refractivity contribution in [3.8, 4) is 0 Å². The van der Waals surface area contributed by atoms with E-state index in [1.165, 1.54) is 0 Å². The Morgan fingerprint density at radius 2 is 2.67 bits per heavy atom. The molecule has 6 heavy (non-hydrogen) atoms. The third-order valence-corrected chi connectivity index (χ3v) is 1.11. The Balaban J connectivity index is 2.00. The monoisotopic (exact) mass is 101 g/mol. The van der Waals surface area contributed by atoms with Crippen LogP contribution in [0.5, 0.6) is 0 Å². The molecule has 3 heteroatoms. The Labute approximate surface area is 39.5 Å². The van der Waals surface area contributed by atoms with Crippen LogP contribution in [0.25, 0.3) is 0 Å². The van der Waals surface area contributed by atoms with Crippen molar-refractivity contribution in [3.05, 3.63) is 6.61 Å². The molecule has 0 bridgehead atoms. The van der Waals surface area contributed by atoms with Crippen LogP contribution in [0.15, 0.2) is 0 Å². The summed E-state index contributed by atoms with van der Waals surface area (Å²) in [6.07, 6.45) is 0.938. The van der Waals surface area contributed by atoms with E-state index in [1.807, 2.05) is 0 Å². The van der Waals surface area contributed by atoms with Crippen LogP contribution < -0.4 is 0 Å². The highest BCUT2D eigenvalue weighted by Crippen LogP contribution is 1.94. The second-order valence-corrected chi connectivity index (χ2v) is 1.70. The minimum atomic E-state index is 0.246. The lowest BCUT2D eigenvalue weighted by atomic mass is 10.5. The summed E-state index contributed by atoms with van der Waals surface area (Å²) >= 11 is 0. The van der Waals surface area contributed by atoms with Gasteiger partial charge in [-0.2, -0.15) is 0 Å². The quantitative estimate of drug-likeness (QED) is 0.319. The third-order valence-electron chi connectivity index (χ3n) is 0.528. The highest BCUT2D eigenvalue weighted by atomic mass is 28.3. The molecule has 0 aromatic heterocycles. The summed E-state index contributed by atoms with van der Waals surface area (Å²) in [5, 5.41) is 0. The molecule has 0 unspecified atom stereocenters. The average Bonchev–Trinajstić information content (AvgIpc) is 1.72. The van der Waals surface area contributed by atoms with Crippen LogP contribution in [0.2, 0.25) is 0 Å². The maximum Gasteiger partial charge on any atom is 0.178 e. The van der Waals surface area contributed by atoms with Gasteiger partial charge >= 0.3 is 0 Å². The van der Waals surface area contributed by atoms with Crippen LogP contribution in [0, 0.1) is 6.61 Å². The molecule has 1 saturated heterocycles. The van der Waals surface area contributed by atoms with Crippen molar-refractivity contribution in [1.29, 1.82) is 0 Å². The van der Waals surface area contributed by atoms with Crippen LogP contribution in [-0.2, 0) is 8.85 Å². The van der Waals surface area contributed by atoms with Gasteiger partial charge < -0.3 is 8.85 Å². The van der Waals surface area contributed by atoms with E-state index >= 15 is 0 Å². The van der Waals surface area contributed by atoms with Gasteiger partial charge in [0.1, 0.15) is 6.42 Å². The van der Waals surface area contributed by atoms with Gasteiger partial charge in [0.05, 0.1) is 0 Å². The first-order valence-corrected chi connectivity index (χ1v) is 2.66. The molecule has 1 aliphatic rings. The van der Waals surface area contributed by atoms with E-state index in [0.29, 0.717) is 0 Å². The SMILES string of the molecule is [CH+]1CCO[Si-]O1. The van der Waals surface area contributed by atoms with Gasteiger partial charge in [0, 0.05) is 6.61 Å². The first-order chi connectivity index (χ1) is 3.00. The Morgan fingerprint density at radius 3 is 2.83 bits per heavy atom. The van der Waals surface area contributed by atoms with E-state index in [-0.39, 0.29) is 10.0 Å². The third kappa shape index (κ3) is 1.00. The van der Waals surface area contributed by atoms with Crippen LogP contribution >= 0.6 is 0 Å². The van der Waals surface area contributed by atoms with Gasteiger partial charge in [0.15, 0.2) is 6.61 Å². The molecule has 0 aliphatic carbocycles. The van der Waals surface area contributed by atoms with E-state index < -0.39 is 0 Å². The fourth-order valence-corrected chi connectivity index (χ4v) is 0.731. The van der Waals surface area contributed by atoms with Crippen LogP contribution in [0.4, 0.5) is 0 Å². The van der Waals surface area contributed by atoms with Crippen molar-refractivity contribution in [2.45, 2.75) is 6.42 Å². The van der Waals surface area contributed by atoms with E-state index in [1.54, 1.807) is 6.61 Å². The molecular formula is C3H5O2Si. The van der Waals surface area contributed by atoms with Crippen LogP contribution in [-0.4, -0.2) is 16.6 Å². The minimum Gasteiger partial charge on any atom is -0.578 e. The molecule has 2 nitrogen and oxygen atoms in total. The fourth-order valence-electron chi connectivity index (χ4n) is 0.276. The molecular weight excluding hydrogens is 96.1 g/mol. The zero-order valence-electron chi connectivity index (χ0n) is 3.31. The van der Waals surface area contributed by atoms with E-state index in [4.69, 9.17) is 8.85 Å². The number of hydrogen-bond acceptors (Lipinski definition) is 2. The Bertz CT molecular complexity index is 24.3. The molecule has 1 aliphatic heterocycles. The molecule has 0 N–H and O–H groups in total. The fraction of sp³-hybridized carbons (Fsp3) is 0.667. The molecule has 1 fully saturated rings. The van der Waals surface area contributed by atoms with Gasteiger partial charge in [-0.1, -0.05) is 0 Å². The first-order valence-electron chi connectivity index (χ1n) is 1.84. The standard InChI is InChI=1S/C3H5O2Si/c1-2-4-6-5-3-1/h2H,1,3H2. The number of rotatable bonds is 0. The van der Waals surface area contributed by atoms with Crippen molar-refractivity contribution in [3.63, 3.8) is 0 Å². The second kappa shape index (κ2) is 2.23. The lowest BCUT2D eigenvalue weighted by Gasteiger charge is -2.15. The van der Waals surface area contributed by atoms with Gasteiger partial charge in [0.25, 0.3) is 0 Å². The van der Waals surface area contributed by atoms with Crippen molar-refractivity contribution < 1.29 is 8.85 Å². The zero-order valence-corrected chi connectivity index (χ0v) is 4.31. The average molecular weight is 101 g/mol. The maximum absolute atomic E-state index is 4.84. The second-order valence-electron chi connectivity index (χ2n) is 1.00. The van der Waals surface area contributed by atoms with Gasteiger partial charge in [-0.3, -0.25) is 0 Å². The lowest BCUT2D eigenvalue weighted by Crippen LogP contribution is -2.10. The van der Waals surface area contributed by atoms with E-state index in [2.05, 4.69) is 0 Å². The molecule has 0 spiro atoms. The van der Waals surface area contributed by atoms with Gasteiger partial charge in [0.2, 0.25) is 0 Å². The maximum atomic E-state index is 4.84. The molecule has 0 atom stereocenters. The summed E-state index contributed by atoms with van der Waals surface area (Å²) in [5.41, 5.74) is 0. The topological polar surface area (TPSA) is 18.5 Å². The normalized spacial score (nSPS) is 22.7. The van der Waals surface area contributed by atoms with Gasteiger partial charge in [-0.05, 0) is 10.0 Å². The molecule has 0 aromatic carbocycles. The summed E-state index contributed by atoms with van der Waals surface area (Å²) in [4.78, 5) is 0. The highest BCUT2D eigenvalue weighted by molar-refractivity contribution is 6.18. The summed E-state index contributed by atoms with van der Waals surface area (Å²) in [6, 6.07) is 0. The van der Waals surface area contributed by atoms with Crippen molar-refractivity contribution in [2.24, 2.45) is 0 Å². The van der Waals surface area contributed by atoms with Crippen molar-refractivity contribution in [1.82, 2.24) is 0 Å². The summed E-state index contributed by atoms with van der Waals surface area (Å²) in [6.45, 7) is 2.61. The first kappa shape index (κ1) is 4.17. The van der Waals surface area contributed by atoms with Crippen LogP contribution in [0.1, 0.15) is 6.42 Å². The molecule has 1 heterocycles. The lowest BCUT2D eigenvalue weighted by molar-refractivity contribution is 0.199. The molecule has 1 rings (SSSR count).